The topological polar surface area (TPSA) is 149 Å². The zero-order valence-electron chi connectivity index (χ0n) is 52.1. The first kappa shape index (κ1) is 75.6. The van der Waals surface area contributed by atoms with Crippen LogP contribution in [0.5, 0.6) is 0 Å². The molecule has 0 aromatic rings. The maximum Gasteiger partial charge on any atom is 0.220 e. The molecule has 0 radical (unpaired) electrons. The van der Waals surface area contributed by atoms with E-state index in [1.807, 2.05) is 6.08 Å². The van der Waals surface area contributed by atoms with Crippen molar-refractivity contribution in [2.75, 3.05) is 13.2 Å². The minimum atomic E-state index is -1.58. The highest BCUT2D eigenvalue weighted by Gasteiger charge is 2.44. The van der Waals surface area contributed by atoms with Gasteiger partial charge in [-0.2, -0.15) is 0 Å². The number of hydrogen-bond donors (Lipinski definition) is 6. The number of aliphatic hydroxyl groups excluding tert-OH is 5. The second kappa shape index (κ2) is 59.8. The summed E-state index contributed by atoms with van der Waals surface area (Å²) in [6, 6.07) is -0.833. The second-order valence-electron chi connectivity index (χ2n) is 23.6. The van der Waals surface area contributed by atoms with Gasteiger partial charge in [0.25, 0.3) is 0 Å². The fourth-order valence-electron chi connectivity index (χ4n) is 10.6. The number of hydrogen-bond acceptors (Lipinski definition) is 8. The van der Waals surface area contributed by atoms with Crippen LogP contribution in [0.25, 0.3) is 0 Å². The zero-order chi connectivity index (χ0) is 57.9. The molecule has 7 atom stereocenters. The molecule has 1 rings (SSSR count). The van der Waals surface area contributed by atoms with E-state index in [9.17, 15) is 30.3 Å². The van der Waals surface area contributed by atoms with Gasteiger partial charge in [-0.15, -0.1) is 0 Å². The van der Waals surface area contributed by atoms with Gasteiger partial charge >= 0.3 is 0 Å². The first-order chi connectivity index (χ1) is 39.3. The summed E-state index contributed by atoms with van der Waals surface area (Å²) < 4.78 is 11.3. The van der Waals surface area contributed by atoms with E-state index in [1.165, 1.54) is 238 Å². The molecule has 0 bridgehead atoms. The summed E-state index contributed by atoms with van der Waals surface area (Å²) in [7, 11) is 0. The molecular formula is C71H129NO8. The smallest absolute Gasteiger partial charge is 0.220 e. The molecule has 0 saturated carbocycles. The third-order valence-corrected chi connectivity index (χ3v) is 16.0. The number of amides is 1. The number of nitrogens with one attached hydrogen (secondary N) is 1. The summed E-state index contributed by atoms with van der Waals surface area (Å²) in [6.07, 6.45) is 77.1. The molecule has 6 N–H and O–H groups in total. The van der Waals surface area contributed by atoms with Crippen LogP contribution in [0.3, 0.4) is 0 Å². The van der Waals surface area contributed by atoms with Crippen molar-refractivity contribution in [1.29, 1.82) is 0 Å². The van der Waals surface area contributed by atoms with E-state index < -0.39 is 49.5 Å². The van der Waals surface area contributed by atoms with Gasteiger partial charge in [0.15, 0.2) is 6.29 Å². The first-order valence-corrected chi connectivity index (χ1v) is 34.2. The molecule has 0 aromatic carbocycles. The average molecular weight is 1120 g/mol. The van der Waals surface area contributed by atoms with Crippen LogP contribution in [-0.2, 0) is 14.3 Å². The molecule has 1 heterocycles. The molecular weight excluding hydrogens is 995 g/mol. The average Bonchev–Trinajstić information content (AvgIpc) is 3.46. The third-order valence-electron chi connectivity index (χ3n) is 16.0. The van der Waals surface area contributed by atoms with E-state index >= 15 is 0 Å². The third kappa shape index (κ3) is 48.0. The van der Waals surface area contributed by atoms with Gasteiger partial charge in [-0.05, 0) is 83.5 Å². The lowest BCUT2D eigenvalue weighted by Crippen LogP contribution is -2.60. The molecule has 466 valence electrons. The Labute approximate surface area is 493 Å². The summed E-state index contributed by atoms with van der Waals surface area (Å²) >= 11 is 0. The van der Waals surface area contributed by atoms with Crippen molar-refractivity contribution in [2.45, 2.75) is 358 Å². The van der Waals surface area contributed by atoms with Gasteiger partial charge in [-0.3, -0.25) is 4.79 Å². The highest BCUT2D eigenvalue weighted by molar-refractivity contribution is 5.76. The standard InChI is InChI=1S/C71H129NO8/c1-3-5-7-9-11-13-15-17-19-21-23-25-27-29-31-33-35-37-39-41-43-45-47-49-51-53-55-57-59-61-67(75)72-64(63-79-71-70(78)69(77)68(76)66(62-73)80-71)65(74)60-58-56-54-52-50-48-46-44-42-40-38-36-34-32-30-28-26-24-22-20-18-16-14-12-10-8-6-4-2/h15,17,21,23,27,29,42,44,50,52,58,60,64-66,68-71,73-74,76-78H,3-14,16,18-20,22,24-26,28,30-41,43,45-49,51,53-57,59,61-63H2,1-2H3,(H,72,75)/b17-15-,23-21-,29-27-,44-42+,52-50+,60-58+. The van der Waals surface area contributed by atoms with Crippen LogP contribution in [-0.4, -0.2) is 87.5 Å². The molecule has 1 saturated heterocycles. The number of aliphatic hydroxyl groups is 5. The Hall–Kier alpha value is -2.37. The summed E-state index contributed by atoms with van der Waals surface area (Å²) in [4.78, 5) is 13.1. The fourth-order valence-corrected chi connectivity index (χ4v) is 10.6. The molecule has 9 heteroatoms. The minimum absolute atomic E-state index is 0.190. The number of ether oxygens (including phenoxy) is 2. The quantitative estimate of drug-likeness (QED) is 0.0261. The van der Waals surface area contributed by atoms with Gasteiger partial charge < -0.3 is 40.3 Å². The summed E-state index contributed by atoms with van der Waals surface area (Å²) in [5.41, 5.74) is 0. The van der Waals surface area contributed by atoms with Gasteiger partial charge in [0.05, 0.1) is 25.4 Å². The summed E-state index contributed by atoms with van der Waals surface area (Å²) in [5, 5.41) is 54.7. The van der Waals surface area contributed by atoms with Crippen LogP contribution >= 0.6 is 0 Å². The van der Waals surface area contributed by atoms with Crippen molar-refractivity contribution in [2.24, 2.45) is 0 Å². The first-order valence-electron chi connectivity index (χ1n) is 34.2. The van der Waals surface area contributed by atoms with Crippen molar-refractivity contribution in [3.05, 3.63) is 72.9 Å². The van der Waals surface area contributed by atoms with Crippen molar-refractivity contribution >= 4 is 5.91 Å². The molecule has 0 aromatic heterocycles. The van der Waals surface area contributed by atoms with E-state index in [1.54, 1.807) is 6.08 Å². The second-order valence-corrected chi connectivity index (χ2v) is 23.6. The normalized spacial score (nSPS) is 18.9. The van der Waals surface area contributed by atoms with E-state index in [2.05, 4.69) is 79.9 Å². The summed E-state index contributed by atoms with van der Waals surface area (Å²) in [5.74, 6) is -0.190. The van der Waals surface area contributed by atoms with Crippen LogP contribution in [0.15, 0.2) is 72.9 Å². The van der Waals surface area contributed by atoms with Crippen molar-refractivity contribution in [3.63, 3.8) is 0 Å². The largest absolute Gasteiger partial charge is 0.394 e. The SMILES string of the molecule is CCCCCCC/C=C\C/C=C\C/C=C\CCCCCCCCCCCCCCCCC(=O)NC(COC1OC(CO)C(O)C(O)C1O)C(O)/C=C/CC/C=C/CC/C=C/CCCCCCCCCCCCCCCCCCCC. The zero-order valence-corrected chi connectivity index (χ0v) is 52.1. The molecule has 80 heavy (non-hydrogen) atoms. The Kier molecular flexibility index (Phi) is 56.5. The number of unbranched alkanes of at least 4 members (excludes halogenated alkanes) is 39. The lowest BCUT2D eigenvalue weighted by molar-refractivity contribution is -0.302. The van der Waals surface area contributed by atoms with Crippen LogP contribution in [0.4, 0.5) is 0 Å². The van der Waals surface area contributed by atoms with Crippen LogP contribution < -0.4 is 5.32 Å². The molecule has 9 nitrogen and oxygen atoms in total. The number of allylic oxidation sites excluding steroid dienone is 11. The van der Waals surface area contributed by atoms with Crippen molar-refractivity contribution in [3.8, 4) is 0 Å². The molecule has 1 aliphatic heterocycles. The van der Waals surface area contributed by atoms with E-state index in [-0.39, 0.29) is 12.5 Å². The molecule has 1 aliphatic rings. The minimum Gasteiger partial charge on any atom is -0.394 e. The van der Waals surface area contributed by atoms with Crippen LogP contribution in [0, 0.1) is 0 Å². The Morgan fingerprint density at radius 3 is 1.14 bits per heavy atom. The van der Waals surface area contributed by atoms with Gasteiger partial charge in [-0.25, -0.2) is 0 Å². The Morgan fingerprint density at radius 2 is 0.750 bits per heavy atom. The predicted molar refractivity (Wildman–Crippen MR) is 341 cm³/mol. The Morgan fingerprint density at radius 1 is 0.425 bits per heavy atom. The summed E-state index contributed by atoms with van der Waals surface area (Å²) in [6.45, 7) is 3.78. The fraction of sp³-hybridized carbons (Fsp3) is 0.817. The van der Waals surface area contributed by atoms with Crippen molar-refractivity contribution < 1.29 is 39.8 Å². The lowest BCUT2D eigenvalue weighted by atomic mass is 9.99. The maximum atomic E-state index is 13.1. The Bertz CT molecular complexity index is 1490. The number of rotatable bonds is 59. The van der Waals surface area contributed by atoms with Gasteiger partial charge in [0.1, 0.15) is 24.4 Å². The predicted octanol–water partition coefficient (Wildman–Crippen LogP) is 18.4. The van der Waals surface area contributed by atoms with Gasteiger partial charge in [0, 0.05) is 6.42 Å². The molecule has 1 fully saturated rings. The highest BCUT2D eigenvalue weighted by atomic mass is 16.7. The van der Waals surface area contributed by atoms with Crippen LogP contribution in [0.1, 0.15) is 316 Å². The Balaban J connectivity index is 2.19. The van der Waals surface area contributed by atoms with Crippen LogP contribution in [0.2, 0.25) is 0 Å². The number of carbonyl (C=O) groups is 1. The highest BCUT2D eigenvalue weighted by Crippen LogP contribution is 2.23. The molecule has 1 amide bonds. The monoisotopic (exact) mass is 1120 g/mol. The van der Waals surface area contributed by atoms with E-state index in [4.69, 9.17) is 9.47 Å². The molecule has 7 unspecified atom stereocenters. The van der Waals surface area contributed by atoms with E-state index in [0.29, 0.717) is 6.42 Å². The lowest BCUT2D eigenvalue weighted by Gasteiger charge is -2.40. The van der Waals surface area contributed by atoms with E-state index in [0.717, 1.165) is 57.8 Å². The number of carbonyl (C=O) groups excluding carboxylic acids is 1. The molecule has 0 spiro atoms. The molecule has 0 aliphatic carbocycles. The van der Waals surface area contributed by atoms with Crippen molar-refractivity contribution in [1.82, 2.24) is 5.32 Å². The van der Waals surface area contributed by atoms with Gasteiger partial charge in [-0.1, -0.05) is 299 Å². The van der Waals surface area contributed by atoms with Gasteiger partial charge in [0.2, 0.25) is 5.91 Å². The maximum absolute atomic E-state index is 13.1.